The number of hydrogen-bond acceptors (Lipinski definition) is 3. The first-order valence-corrected chi connectivity index (χ1v) is 8.44. The molecule has 2 atom stereocenters. The van der Waals surface area contributed by atoms with Crippen LogP contribution >= 0.6 is 0 Å². The molecule has 120 valence electrons. The standard InChI is InChI=1S/C17H37N3/c1-7-15(3)12-16(8-2,13-18)20(6)14-17(19(4)5)10-9-11-17/h15H,7-14,18H2,1-6H3. The van der Waals surface area contributed by atoms with Gasteiger partial charge in [0.1, 0.15) is 0 Å². The molecular formula is C17H37N3. The van der Waals surface area contributed by atoms with E-state index >= 15 is 0 Å². The van der Waals surface area contributed by atoms with Gasteiger partial charge in [-0.2, -0.15) is 0 Å². The first-order valence-electron chi connectivity index (χ1n) is 8.44. The van der Waals surface area contributed by atoms with Crippen molar-refractivity contribution in [3.8, 4) is 0 Å². The molecule has 20 heavy (non-hydrogen) atoms. The van der Waals surface area contributed by atoms with Crippen molar-refractivity contribution in [1.29, 1.82) is 0 Å². The molecule has 0 amide bonds. The van der Waals surface area contributed by atoms with Crippen LogP contribution in [0.5, 0.6) is 0 Å². The van der Waals surface area contributed by atoms with Crippen molar-refractivity contribution in [2.45, 2.75) is 70.4 Å². The highest BCUT2D eigenvalue weighted by Gasteiger charge is 2.43. The van der Waals surface area contributed by atoms with E-state index in [0.717, 1.165) is 25.4 Å². The normalized spacial score (nSPS) is 22.6. The van der Waals surface area contributed by atoms with Gasteiger partial charge in [0, 0.05) is 24.2 Å². The number of nitrogens with two attached hydrogens (primary N) is 1. The molecule has 0 aromatic carbocycles. The summed E-state index contributed by atoms with van der Waals surface area (Å²) in [5.41, 5.74) is 6.78. The highest BCUT2D eigenvalue weighted by Crippen LogP contribution is 2.39. The minimum Gasteiger partial charge on any atom is -0.329 e. The Hall–Kier alpha value is -0.120. The fourth-order valence-corrected chi connectivity index (χ4v) is 3.69. The van der Waals surface area contributed by atoms with Crippen LogP contribution in [0, 0.1) is 5.92 Å². The minimum atomic E-state index is 0.175. The molecule has 2 N–H and O–H groups in total. The highest BCUT2D eigenvalue weighted by atomic mass is 15.3. The summed E-state index contributed by atoms with van der Waals surface area (Å²) in [7, 11) is 6.76. The zero-order valence-electron chi connectivity index (χ0n) is 14.7. The van der Waals surface area contributed by atoms with Crippen LogP contribution in [0.2, 0.25) is 0 Å². The summed E-state index contributed by atoms with van der Waals surface area (Å²) in [5.74, 6) is 0.748. The molecule has 0 aromatic rings. The van der Waals surface area contributed by atoms with E-state index in [4.69, 9.17) is 5.73 Å². The van der Waals surface area contributed by atoms with Crippen molar-refractivity contribution in [3.63, 3.8) is 0 Å². The predicted molar refractivity (Wildman–Crippen MR) is 89.0 cm³/mol. The van der Waals surface area contributed by atoms with E-state index in [2.05, 4.69) is 51.7 Å². The van der Waals surface area contributed by atoms with Gasteiger partial charge in [-0.1, -0.05) is 27.2 Å². The van der Waals surface area contributed by atoms with Crippen molar-refractivity contribution in [2.75, 3.05) is 34.2 Å². The van der Waals surface area contributed by atoms with Crippen LogP contribution in [0.1, 0.15) is 59.3 Å². The van der Waals surface area contributed by atoms with E-state index in [0.29, 0.717) is 5.54 Å². The van der Waals surface area contributed by atoms with Gasteiger partial charge in [-0.25, -0.2) is 0 Å². The number of hydrogen-bond donors (Lipinski definition) is 1. The molecule has 0 aromatic heterocycles. The van der Waals surface area contributed by atoms with Crippen molar-refractivity contribution in [2.24, 2.45) is 11.7 Å². The Labute approximate surface area is 126 Å². The van der Waals surface area contributed by atoms with Crippen LogP contribution in [-0.2, 0) is 0 Å². The average Bonchev–Trinajstić information content (AvgIpc) is 2.39. The van der Waals surface area contributed by atoms with Crippen LogP contribution in [0.3, 0.4) is 0 Å². The molecule has 1 aliphatic rings. The molecule has 0 radical (unpaired) electrons. The van der Waals surface area contributed by atoms with E-state index in [-0.39, 0.29) is 5.54 Å². The lowest BCUT2D eigenvalue weighted by molar-refractivity contribution is -0.0157. The van der Waals surface area contributed by atoms with Crippen LogP contribution in [0.15, 0.2) is 0 Å². The lowest BCUT2D eigenvalue weighted by Crippen LogP contribution is -2.62. The Bertz CT molecular complexity index is 280. The average molecular weight is 284 g/mol. The lowest BCUT2D eigenvalue weighted by atomic mass is 9.73. The third kappa shape index (κ3) is 3.55. The number of nitrogens with zero attached hydrogens (tertiary/aromatic N) is 2. The van der Waals surface area contributed by atoms with E-state index in [9.17, 15) is 0 Å². The van der Waals surface area contributed by atoms with Crippen LogP contribution < -0.4 is 5.73 Å². The largest absolute Gasteiger partial charge is 0.329 e. The molecule has 0 bridgehead atoms. The van der Waals surface area contributed by atoms with Gasteiger partial charge >= 0.3 is 0 Å². The van der Waals surface area contributed by atoms with Gasteiger partial charge in [0.05, 0.1) is 0 Å². The summed E-state index contributed by atoms with van der Waals surface area (Å²) in [4.78, 5) is 5.02. The van der Waals surface area contributed by atoms with Crippen LogP contribution in [-0.4, -0.2) is 55.1 Å². The second-order valence-electron chi connectivity index (χ2n) is 7.33. The molecule has 0 aliphatic heterocycles. The molecule has 1 rings (SSSR count). The Morgan fingerprint density at radius 1 is 1.20 bits per heavy atom. The van der Waals surface area contributed by atoms with Crippen molar-refractivity contribution in [1.82, 2.24) is 9.80 Å². The van der Waals surface area contributed by atoms with Gasteiger partial charge in [0.15, 0.2) is 0 Å². The maximum Gasteiger partial charge on any atom is 0.0330 e. The fourth-order valence-electron chi connectivity index (χ4n) is 3.69. The summed E-state index contributed by atoms with van der Waals surface area (Å²) < 4.78 is 0. The van der Waals surface area contributed by atoms with Gasteiger partial charge in [0.2, 0.25) is 0 Å². The van der Waals surface area contributed by atoms with Gasteiger partial charge < -0.3 is 10.6 Å². The lowest BCUT2D eigenvalue weighted by Gasteiger charge is -2.53. The molecule has 0 saturated heterocycles. The predicted octanol–water partition coefficient (Wildman–Crippen LogP) is 2.95. The molecule has 3 nitrogen and oxygen atoms in total. The molecule has 1 saturated carbocycles. The Kier molecular flexibility index (Phi) is 6.49. The maximum atomic E-state index is 6.22. The summed E-state index contributed by atoms with van der Waals surface area (Å²) in [6.45, 7) is 8.87. The smallest absolute Gasteiger partial charge is 0.0330 e. The molecule has 2 unspecified atom stereocenters. The Balaban J connectivity index is 2.80. The first kappa shape index (κ1) is 17.9. The Morgan fingerprint density at radius 3 is 2.10 bits per heavy atom. The van der Waals surface area contributed by atoms with Crippen molar-refractivity contribution < 1.29 is 0 Å². The summed E-state index contributed by atoms with van der Waals surface area (Å²) in [5, 5.41) is 0. The molecule has 0 heterocycles. The van der Waals surface area contributed by atoms with Gasteiger partial charge in [-0.15, -0.1) is 0 Å². The Morgan fingerprint density at radius 2 is 1.80 bits per heavy atom. The van der Waals surface area contributed by atoms with E-state index < -0.39 is 0 Å². The molecule has 1 aliphatic carbocycles. The minimum absolute atomic E-state index is 0.175. The molecular weight excluding hydrogens is 246 g/mol. The van der Waals surface area contributed by atoms with Crippen molar-refractivity contribution in [3.05, 3.63) is 0 Å². The topological polar surface area (TPSA) is 32.5 Å². The van der Waals surface area contributed by atoms with Crippen LogP contribution in [0.4, 0.5) is 0 Å². The SMILES string of the molecule is CCC(C)CC(CC)(CN)N(C)CC1(N(C)C)CCC1. The quantitative estimate of drug-likeness (QED) is 0.706. The van der Waals surface area contributed by atoms with E-state index in [1.165, 1.54) is 32.1 Å². The number of likely N-dealkylation sites (N-methyl/N-ethyl adjacent to an activating group) is 2. The molecule has 3 heteroatoms. The number of rotatable bonds is 9. The van der Waals surface area contributed by atoms with E-state index in [1.807, 2.05) is 0 Å². The van der Waals surface area contributed by atoms with Gasteiger partial charge in [-0.05, 0) is 59.2 Å². The summed E-state index contributed by atoms with van der Waals surface area (Å²) in [6, 6.07) is 0. The second-order valence-corrected chi connectivity index (χ2v) is 7.33. The fraction of sp³-hybridized carbons (Fsp3) is 1.00. The van der Waals surface area contributed by atoms with Crippen molar-refractivity contribution >= 4 is 0 Å². The zero-order chi connectivity index (χ0) is 15.4. The van der Waals surface area contributed by atoms with Gasteiger partial charge in [0.25, 0.3) is 0 Å². The van der Waals surface area contributed by atoms with E-state index in [1.54, 1.807) is 0 Å². The highest BCUT2D eigenvalue weighted by molar-refractivity contribution is 5.01. The second kappa shape index (κ2) is 7.24. The van der Waals surface area contributed by atoms with Crippen LogP contribution in [0.25, 0.3) is 0 Å². The monoisotopic (exact) mass is 283 g/mol. The third-order valence-electron chi connectivity index (χ3n) is 6.04. The third-order valence-corrected chi connectivity index (χ3v) is 6.04. The zero-order valence-corrected chi connectivity index (χ0v) is 14.7. The first-order chi connectivity index (χ1) is 9.35. The maximum absolute atomic E-state index is 6.22. The van der Waals surface area contributed by atoms with Gasteiger partial charge in [-0.3, -0.25) is 4.90 Å². The summed E-state index contributed by atoms with van der Waals surface area (Å²) >= 11 is 0. The molecule has 1 fully saturated rings. The molecule has 0 spiro atoms. The summed E-state index contributed by atoms with van der Waals surface area (Å²) in [6.07, 6.45) is 7.65.